The van der Waals surface area contributed by atoms with Crippen LogP contribution in [0, 0.1) is 0 Å². The largest absolute Gasteiger partial charge is 0.485 e. The quantitative estimate of drug-likeness (QED) is 0.728. The van der Waals surface area contributed by atoms with E-state index in [0.717, 1.165) is 5.56 Å². The van der Waals surface area contributed by atoms with E-state index in [1.54, 1.807) is 24.5 Å². The monoisotopic (exact) mass is 241 g/mol. The van der Waals surface area contributed by atoms with E-state index in [1.165, 1.54) is 0 Å². The summed E-state index contributed by atoms with van der Waals surface area (Å²) in [4.78, 5) is 4.01. The number of pyridine rings is 1. The first-order valence-electron chi connectivity index (χ1n) is 5.74. The molecule has 0 saturated carbocycles. The molecule has 0 unspecified atom stereocenters. The number of hydrogen-bond acceptors (Lipinski definition) is 3. The van der Waals surface area contributed by atoms with Crippen LogP contribution in [-0.4, -0.2) is 11.6 Å². The highest BCUT2D eigenvalue weighted by Crippen LogP contribution is 2.26. The Hall–Kier alpha value is -2.29. The molecule has 0 N–H and O–H groups in total. The molecule has 1 heterocycles. The standard InChI is InChI=1S/C15H15NO2/c1-2-10-17-15-11-16-9-8-14(15)18-12-13-6-4-3-5-7-13/h2-9,11H,1,10,12H2. The normalized spacial score (nSPS) is 9.78. The molecule has 0 atom stereocenters. The molecule has 1 aromatic carbocycles. The maximum Gasteiger partial charge on any atom is 0.179 e. The van der Waals surface area contributed by atoms with E-state index in [-0.39, 0.29) is 0 Å². The molecule has 0 bridgehead atoms. The van der Waals surface area contributed by atoms with Gasteiger partial charge in [0, 0.05) is 12.3 Å². The van der Waals surface area contributed by atoms with Crippen molar-refractivity contribution in [1.29, 1.82) is 0 Å². The number of hydrogen-bond donors (Lipinski definition) is 0. The van der Waals surface area contributed by atoms with Crippen molar-refractivity contribution in [2.24, 2.45) is 0 Å². The van der Waals surface area contributed by atoms with Crippen LogP contribution in [0.15, 0.2) is 61.4 Å². The zero-order chi connectivity index (χ0) is 12.6. The van der Waals surface area contributed by atoms with Crippen LogP contribution in [0.3, 0.4) is 0 Å². The van der Waals surface area contributed by atoms with Gasteiger partial charge in [-0.3, -0.25) is 4.98 Å². The molecule has 0 aliphatic heterocycles. The minimum Gasteiger partial charge on any atom is -0.485 e. The molecule has 2 rings (SSSR count). The molecule has 0 spiro atoms. The summed E-state index contributed by atoms with van der Waals surface area (Å²) in [6.45, 7) is 4.56. The number of rotatable bonds is 6. The summed E-state index contributed by atoms with van der Waals surface area (Å²) in [5, 5.41) is 0. The van der Waals surface area contributed by atoms with E-state index < -0.39 is 0 Å². The summed E-state index contributed by atoms with van der Waals surface area (Å²) >= 11 is 0. The minimum absolute atomic E-state index is 0.438. The van der Waals surface area contributed by atoms with Gasteiger partial charge < -0.3 is 9.47 Å². The Labute approximate surface area is 107 Å². The van der Waals surface area contributed by atoms with Crippen LogP contribution in [0.1, 0.15) is 5.56 Å². The average Bonchev–Trinajstić information content (AvgIpc) is 2.45. The number of benzene rings is 1. The van der Waals surface area contributed by atoms with Gasteiger partial charge in [-0.15, -0.1) is 0 Å². The Balaban J connectivity index is 2.02. The highest BCUT2D eigenvalue weighted by atomic mass is 16.5. The summed E-state index contributed by atoms with van der Waals surface area (Å²) in [5.41, 5.74) is 1.11. The summed E-state index contributed by atoms with van der Waals surface area (Å²) in [5.74, 6) is 1.32. The number of nitrogens with zero attached hydrogens (tertiary/aromatic N) is 1. The van der Waals surface area contributed by atoms with E-state index in [1.807, 2.05) is 30.3 Å². The first kappa shape index (κ1) is 12.2. The first-order chi connectivity index (χ1) is 8.90. The Kier molecular flexibility index (Phi) is 4.36. The molecule has 0 saturated heterocycles. The molecule has 92 valence electrons. The van der Waals surface area contributed by atoms with E-state index in [9.17, 15) is 0 Å². The highest BCUT2D eigenvalue weighted by Gasteiger charge is 2.04. The zero-order valence-corrected chi connectivity index (χ0v) is 10.1. The SMILES string of the molecule is C=CCOc1cnccc1OCc1ccccc1. The van der Waals surface area contributed by atoms with Crippen molar-refractivity contribution in [3.8, 4) is 11.5 Å². The van der Waals surface area contributed by atoms with E-state index in [0.29, 0.717) is 24.7 Å². The van der Waals surface area contributed by atoms with Gasteiger partial charge >= 0.3 is 0 Å². The lowest BCUT2D eigenvalue weighted by atomic mass is 10.2. The molecule has 0 amide bonds. The number of aromatic nitrogens is 1. The molecular formula is C15H15NO2. The van der Waals surface area contributed by atoms with Gasteiger partial charge in [-0.1, -0.05) is 43.0 Å². The Morgan fingerprint density at radius 3 is 2.67 bits per heavy atom. The van der Waals surface area contributed by atoms with Crippen molar-refractivity contribution in [2.75, 3.05) is 6.61 Å². The Bertz CT molecular complexity index is 497. The van der Waals surface area contributed by atoms with Crippen LogP contribution in [-0.2, 0) is 6.61 Å². The second-order valence-corrected chi connectivity index (χ2v) is 3.70. The fraction of sp³-hybridized carbons (Fsp3) is 0.133. The fourth-order valence-corrected chi connectivity index (χ4v) is 1.48. The number of ether oxygens (including phenoxy) is 2. The highest BCUT2D eigenvalue weighted by molar-refractivity contribution is 5.36. The van der Waals surface area contributed by atoms with Crippen LogP contribution in [0.5, 0.6) is 11.5 Å². The summed E-state index contributed by atoms with van der Waals surface area (Å²) < 4.78 is 11.2. The third kappa shape index (κ3) is 3.35. The van der Waals surface area contributed by atoms with Crippen LogP contribution in [0.4, 0.5) is 0 Å². The molecule has 2 aromatic rings. The van der Waals surface area contributed by atoms with Gasteiger partial charge in [0.25, 0.3) is 0 Å². The maximum atomic E-state index is 5.72. The van der Waals surface area contributed by atoms with Crippen LogP contribution in [0.2, 0.25) is 0 Å². The van der Waals surface area contributed by atoms with E-state index in [4.69, 9.17) is 9.47 Å². The minimum atomic E-state index is 0.438. The van der Waals surface area contributed by atoms with Gasteiger partial charge in [-0.05, 0) is 5.56 Å². The van der Waals surface area contributed by atoms with Gasteiger partial charge in [-0.2, -0.15) is 0 Å². The summed E-state index contributed by atoms with van der Waals surface area (Å²) in [7, 11) is 0. The first-order valence-corrected chi connectivity index (χ1v) is 5.74. The smallest absolute Gasteiger partial charge is 0.179 e. The van der Waals surface area contributed by atoms with Crippen molar-refractivity contribution in [2.45, 2.75) is 6.61 Å². The van der Waals surface area contributed by atoms with Crippen molar-refractivity contribution < 1.29 is 9.47 Å². The van der Waals surface area contributed by atoms with Crippen molar-refractivity contribution in [1.82, 2.24) is 4.98 Å². The van der Waals surface area contributed by atoms with Gasteiger partial charge in [0.15, 0.2) is 11.5 Å². The average molecular weight is 241 g/mol. The molecule has 1 aromatic heterocycles. The second-order valence-electron chi connectivity index (χ2n) is 3.70. The second kappa shape index (κ2) is 6.45. The van der Waals surface area contributed by atoms with Gasteiger partial charge in [0.05, 0.1) is 6.20 Å². The van der Waals surface area contributed by atoms with Gasteiger partial charge in [-0.25, -0.2) is 0 Å². The van der Waals surface area contributed by atoms with Gasteiger partial charge in [0.1, 0.15) is 13.2 Å². The van der Waals surface area contributed by atoms with Crippen molar-refractivity contribution in [3.63, 3.8) is 0 Å². The molecule has 3 nitrogen and oxygen atoms in total. The van der Waals surface area contributed by atoms with Crippen molar-refractivity contribution >= 4 is 0 Å². The molecule has 0 fully saturated rings. The molecule has 3 heteroatoms. The predicted octanol–water partition coefficient (Wildman–Crippen LogP) is 3.23. The van der Waals surface area contributed by atoms with Gasteiger partial charge in [0.2, 0.25) is 0 Å². The topological polar surface area (TPSA) is 31.4 Å². The summed E-state index contributed by atoms with van der Waals surface area (Å²) in [6.07, 6.45) is 5.01. The lowest BCUT2D eigenvalue weighted by Gasteiger charge is -2.11. The molecule has 0 aliphatic rings. The lowest BCUT2D eigenvalue weighted by molar-refractivity contribution is 0.274. The zero-order valence-electron chi connectivity index (χ0n) is 10.1. The molecule has 0 aliphatic carbocycles. The third-order valence-electron chi connectivity index (χ3n) is 2.34. The summed E-state index contributed by atoms with van der Waals surface area (Å²) in [6, 6.07) is 11.8. The Morgan fingerprint density at radius 1 is 1.06 bits per heavy atom. The van der Waals surface area contributed by atoms with E-state index in [2.05, 4.69) is 11.6 Å². The molecule has 0 radical (unpaired) electrons. The predicted molar refractivity (Wildman–Crippen MR) is 70.7 cm³/mol. The van der Waals surface area contributed by atoms with Crippen molar-refractivity contribution in [3.05, 3.63) is 67.0 Å². The lowest BCUT2D eigenvalue weighted by Crippen LogP contribution is -2.00. The Morgan fingerprint density at radius 2 is 1.89 bits per heavy atom. The fourth-order valence-electron chi connectivity index (χ4n) is 1.48. The van der Waals surface area contributed by atoms with Crippen LogP contribution >= 0.6 is 0 Å². The molecular weight excluding hydrogens is 226 g/mol. The van der Waals surface area contributed by atoms with Crippen LogP contribution < -0.4 is 9.47 Å². The molecule has 18 heavy (non-hydrogen) atoms. The van der Waals surface area contributed by atoms with Crippen LogP contribution in [0.25, 0.3) is 0 Å². The maximum absolute atomic E-state index is 5.72. The van der Waals surface area contributed by atoms with E-state index >= 15 is 0 Å². The third-order valence-corrected chi connectivity index (χ3v) is 2.34.